The Labute approximate surface area is 151 Å². The highest BCUT2D eigenvalue weighted by atomic mass is 16.6. The molecule has 1 aromatic heterocycles. The Balaban J connectivity index is 1.41. The molecule has 1 aliphatic heterocycles. The lowest BCUT2D eigenvalue weighted by molar-refractivity contribution is -1.02. The van der Waals surface area contributed by atoms with Crippen LogP contribution < -0.4 is 15.1 Å². The number of aromatic nitrogens is 1. The Kier molecular flexibility index (Phi) is 5.88. The standard InChI is InChI=1S/C18H21N5O3/c24-18(16-2-1-7-19-12-16)20-14-22-10-8-21(9-11-22)13-15-3-5-17(6-4-15)23(25)26/h1-7,12H,8-11,13-14H2,(H,20,24)/p+2. The predicted molar refractivity (Wildman–Crippen MR) is 94.8 cm³/mol. The van der Waals surface area contributed by atoms with Crippen LogP contribution in [-0.2, 0) is 6.54 Å². The summed E-state index contributed by atoms with van der Waals surface area (Å²) in [7, 11) is 0. The Morgan fingerprint density at radius 3 is 2.42 bits per heavy atom. The second-order valence-corrected chi connectivity index (χ2v) is 6.52. The van der Waals surface area contributed by atoms with E-state index in [2.05, 4.69) is 10.3 Å². The molecule has 1 fully saturated rings. The SMILES string of the molecule is O=C(NC[NH+]1CC[NH+](Cc2ccc([N+](=O)[O-])cc2)CC1)c1cccnc1. The van der Waals surface area contributed by atoms with Crippen molar-refractivity contribution >= 4 is 11.6 Å². The molecular formula is C18H23N5O3+2. The molecular weight excluding hydrogens is 334 g/mol. The number of nitrogens with one attached hydrogen (secondary N) is 3. The summed E-state index contributed by atoms with van der Waals surface area (Å²) >= 11 is 0. The van der Waals surface area contributed by atoms with Gasteiger partial charge in [0.15, 0.2) is 6.67 Å². The summed E-state index contributed by atoms with van der Waals surface area (Å²) in [6.45, 7) is 5.46. The fourth-order valence-corrected chi connectivity index (χ4v) is 3.14. The van der Waals surface area contributed by atoms with Gasteiger partial charge in [0, 0.05) is 30.1 Å². The number of amides is 1. The van der Waals surface area contributed by atoms with E-state index in [1.165, 1.54) is 9.80 Å². The second-order valence-electron chi connectivity index (χ2n) is 6.52. The van der Waals surface area contributed by atoms with Crippen LogP contribution in [0.5, 0.6) is 0 Å². The van der Waals surface area contributed by atoms with Gasteiger partial charge in [-0.2, -0.15) is 0 Å². The van der Waals surface area contributed by atoms with Gasteiger partial charge in [-0.05, 0) is 24.3 Å². The van der Waals surface area contributed by atoms with Crippen LogP contribution >= 0.6 is 0 Å². The highest BCUT2D eigenvalue weighted by Crippen LogP contribution is 2.11. The highest BCUT2D eigenvalue weighted by Gasteiger charge is 2.23. The number of nitro benzene ring substituents is 1. The molecule has 1 aromatic carbocycles. The van der Waals surface area contributed by atoms with Crippen LogP contribution in [-0.4, -0.2) is 48.7 Å². The Bertz CT molecular complexity index is 743. The van der Waals surface area contributed by atoms with Gasteiger partial charge in [-0.25, -0.2) is 0 Å². The van der Waals surface area contributed by atoms with Gasteiger partial charge >= 0.3 is 0 Å². The molecule has 2 aromatic rings. The predicted octanol–water partition coefficient (Wildman–Crippen LogP) is -1.34. The van der Waals surface area contributed by atoms with E-state index in [9.17, 15) is 14.9 Å². The Morgan fingerprint density at radius 1 is 1.12 bits per heavy atom. The maximum Gasteiger partial charge on any atom is 0.269 e. The maximum atomic E-state index is 12.1. The van der Waals surface area contributed by atoms with E-state index in [-0.39, 0.29) is 16.5 Å². The van der Waals surface area contributed by atoms with E-state index in [0.29, 0.717) is 12.2 Å². The van der Waals surface area contributed by atoms with Gasteiger partial charge in [0.05, 0.1) is 10.5 Å². The molecule has 26 heavy (non-hydrogen) atoms. The third-order valence-corrected chi connectivity index (χ3v) is 4.69. The van der Waals surface area contributed by atoms with Gasteiger partial charge < -0.3 is 15.1 Å². The van der Waals surface area contributed by atoms with Gasteiger partial charge in [0.2, 0.25) is 0 Å². The number of benzene rings is 1. The number of hydrogen-bond donors (Lipinski definition) is 3. The van der Waals surface area contributed by atoms with Gasteiger partial charge in [-0.1, -0.05) is 0 Å². The van der Waals surface area contributed by atoms with Crippen LogP contribution in [0.3, 0.4) is 0 Å². The zero-order valence-electron chi connectivity index (χ0n) is 14.5. The lowest BCUT2D eigenvalue weighted by atomic mass is 10.2. The maximum absolute atomic E-state index is 12.1. The smallest absolute Gasteiger partial charge is 0.269 e. The Hall–Kier alpha value is -2.84. The minimum absolute atomic E-state index is 0.0914. The number of non-ortho nitro benzene ring substituents is 1. The van der Waals surface area contributed by atoms with Crippen LogP contribution in [0.25, 0.3) is 0 Å². The van der Waals surface area contributed by atoms with Crippen LogP contribution in [0.4, 0.5) is 5.69 Å². The van der Waals surface area contributed by atoms with Crippen LogP contribution in [0.1, 0.15) is 15.9 Å². The number of carbonyl (C=O) groups is 1. The summed E-state index contributed by atoms with van der Waals surface area (Å²) in [5.41, 5.74) is 1.82. The number of carbonyl (C=O) groups excluding carboxylic acids is 1. The number of rotatable bonds is 6. The number of hydrogen-bond acceptors (Lipinski definition) is 4. The second kappa shape index (κ2) is 8.50. The molecule has 1 amide bonds. The summed E-state index contributed by atoms with van der Waals surface area (Å²) in [5.74, 6) is -0.0914. The van der Waals surface area contributed by atoms with Crippen LogP contribution in [0.2, 0.25) is 0 Å². The normalized spacial score (nSPS) is 19.7. The minimum Gasteiger partial charge on any atom is -0.322 e. The molecule has 2 heterocycles. The number of nitro groups is 1. The van der Waals surface area contributed by atoms with Crippen molar-refractivity contribution in [3.63, 3.8) is 0 Å². The molecule has 0 unspecified atom stereocenters. The molecule has 136 valence electrons. The van der Waals surface area contributed by atoms with Crippen molar-refractivity contribution in [2.45, 2.75) is 6.54 Å². The topological polar surface area (TPSA) is 94.0 Å². The molecule has 3 N–H and O–H groups in total. The van der Waals surface area contributed by atoms with Crippen molar-refractivity contribution in [2.24, 2.45) is 0 Å². The van der Waals surface area contributed by atoms with E-state index < -0.39 is 0 Å². The summed E-state index contributed by atoms with van der Waals surface area (Å²) in [5, 5.41) is 13.7. The number of nitrogens with zero attached hydrogens (tertiary/aromatic N) is 2. The fourth-order valence-electron chi connectivity index (χ4n) is 3.14. The van der Waals surface area contributed by atoms with Crippen LogP contribution in [0, 0.1) is 10.1 Å². The molecule has 0 saturated carbocycles. The average Bonchev–Trinajstić information content (AvgIpc) is 2.68. The molecule has 1 saturated heterocycles. The number of pyridine rings is 1. The van der Waals surface area contributed by atoms with Crippen LogP contribution in [0.15, 0.2) is 48.8 Å². The van der Waals surface area contributed by atoms with Gasteiger partial charge in [0.1, 0.15) is 32.7 Å². The monoisotopic (exact) mass is 357 g/mol. The molecule has 3 rings (SSSR count). The summed E-state index contributed by atoms with van der Waals surface area (Å²) in [6.07, 6.45) is 3.21. The van der Waals surface area contributed by atoms with Crippen molar-refractivity contribution in [3.05, 3.63) is 70.0 Å². The average molecular weight is 357 g/mol. The molecule has 8 heteroatoms. The zero-order chi connectivity index (χ0) is 18.4. The minimum atomic E-state index is -0.376. The molecule has 0 aliphatic carbocycles. The van der Waals surface area contributed by atoms with Crippen molar-refractivity contribution in [3.8, 4) is 0 Å². The van der Waals surface area contributed by atoms with Crippen molar-refractivity contribution < 1.29 is 19.5 Å². The summed E-state index contributed by atoms with van der Waals surface area (Å²) < 4.78 is 0. The van der Waals surface area contributed by atoms with Gasteiger partial charge in [-0.3, -0.25) is 19.9 Å². The highest BCUT2D eigenvalue weighted by molar-refractivity contribution is 5.93. The summed E-state index contributed by atoms with van der Waals surface area (Å²) in [6, 6.07) is 10.3. The third-order valence-electron chi connectivity index (χ3n) is 4.69. The first-order chi connectivity index (χ1) is 12.6. The number of quaternary nitrogens is 2. The van der Waals surface area contributed by atoms with Gasteiger partial charge in [-0.15, -0.1) is 0 Å². The van der Waals surface area contributed by atoms with E-state index in [4.69, 9.17) is 0 Å². The fraction of sp³-hybridized carbons (Fsp3) is 0.333. The van der Waals surface area contributed by atoms with Crippen molar-refractivity contribution in [1.82, 2.24) is 10.3 Å². The van der Waals surface area contributed by atoms with E-state index in [0.717, 1.165) is 38.3 Å². The first-order valence-electron chi connectivity index (χ1n) is 8.70. The first-order valence-corrected chi connectivity index (χ1v) is 8.70. The van der Waals surface area contributed by atoms with Gasteiger partial charge in [0.25, 0.3) is 11.6 Å². The number of piperazine rings is 1. The van der Waals surface area contributed by atoms with E-state index >= 15 is 0 Å². The molecule has 0 radical (unpaired) electrons. The first kappa shape index (κ1) is 18.0. The largest absolute Gasteiger partial charge is 0.322 e. The van der Waals surface area contributed by atoms with E-state index in [1.54, 1.807) is 36.7 Å². The summed E-state index contributed by atoms with van der Waals surface area (Å²) in [4.78, 5) is 29.1. The molecule has 0 atom stereocenters. The molecule has 1 aliphatic rings. The Morgan fingerprint density at radius 2 is 1.81 bits per heavy atom. The molecule has 0 bridgehead atoms. The zero-order valence-corrected chi connectivity index (χ0v) is 14.5. The lowest BCUT2D eigenvalue weighted by Crippen LogP contribution is -3.28. The lowest BCUT2D eigenvalue weighted by Gasteiger charge is -2.29. The third kappa shape index (κ3) is 4.84. The van der Waals surface area contributed by atoms with Crippen molar-refractivity contribution in [1.29, 1.82) is 0 Å². The van der Waals surface area contributed by atoms with Crippen molar-refractivity contribution in [2.75, 3.05) is 32.8 Å². The van der Waals surface area contributed by atoms with E-state index in [1.807, 2.05) is 12.1 Å². The molecule has 8 nitrogen and oxygen atoms in total. The quantitative estimate of drug-likeness (QED) is 0.441. The molecule has 0 spiro atoms.